The van der Waals surface area contributed by atoms with Gasteiger partial charge in [-0.3, -0.25) is 24.1 Å². The maximum atomic E-state index is 12.9. The molecule has 1 heterocycles. The number of carbonyl (C=O) groups excluding carboxylic acids is 4. The van der Waals surface area contributed by atoms with Crippen LogP contribution in [0.4, 0.5) is 16.2 Å². The molecule has 0 spiro atoms. The van der Waals surface area contributed by atoms with E-state index >= 15 is 0 Å². The molecule has 0 unspecified atom stereocenters. The van der Waals surface area contributed by atoms with Gasteiger partial charge < -0.3 is 20.1 Å². The van der Waals surface area contributed by atoms with E-state index in [2.05, 4.69) is 17.6 Å². The largest absolute Gasteiger partial charge is 0.493 e. The number of nitrogens with zero attached hydrogens (tertiary/aromatic N) is 1. The number of imide groups is 1. The highest BCUT2D eigenvalue weighted by atomic mass is 32.2. The summed E-state index contributed by atoms with van der Waals surface area (Å²) in [6, 6.07) is 19.8. The van der Waals surface area contributed by atoms with Crippen LogP contribution in [0.3, 0.4) is 0 Å². The highest BCUT2D eigenvalue weighted by molar-refractivity contribution is 8.18. The van der Waals surface area contributed by atoms with Crippen molar-refractivity contribution in [2.45, 2.75) is 18.2 Å². The average molecular weight is 592 g/mol. The second-order valence-electron chi connectivity index (χ2n) is 8.85. The number of hydrogen-bond acceptors (Lipinski definition) is 8. The van der Waals surface area contributed by atoms with Crippen LogP contribution in [-0.4, -0.2) is 54.4 Å². The Hall–Kier alpha value is -4.22. The van der Waals surface area contributed by atoms with Crippen molar-refractivity contribution in [3.8, 4) is 11.5 Å². The lowest BCUT2D eigenvalue weighted by Gasteiger charge is -2.13. The van der Waals surface area contributed by atoms with E-state index in [4.69, 9.17) is 9.47 Å². The molecule has 4 rings (SSSR count). The van der Waals surface area contributed by atoms with Gasteiger partial charge in [0, 0.05) is 16.3 Å². The van der Waals surface area contributed by atoms with E-state index < -0.39 is 23.6 Å². The van der Waals surface area contributed by atoms with Crippen LogP contribution in [0.5, 0.6) is 11.5 Å². The van der Waals surface area contributed by atoms with Crippen molar-refractivity contribution in [1.82, 2.24) is 4.90 Å². The molecule has 41 heavy (non-hydrogen) atoms. The summed E-state index contributed by atoms with van der Waals surface area (Å²) in [4.78, 5) is 52.4. The standard InChI is InChI=1S/C30H29N3O6S2/c1-4-19-8-11-21(12-9-19)31-28(35)18-39-24-13-10-20(14-25(24)38-2)15-26-29(36)33(30(37)41-26)17-27(34)32-22-6-5-7-23(16-22)40-3/h5-16H,4,17-18H2,1-3H3,(H,31,35)(H,32,34)/b26-15-. The first kappa shape index (κ1) is 29.8. The second-order valence-corrected chi connectivity index (χ2v) is 10.7. The molecule has 3 aromatic carbocycles. The van der Waals surface area contributed by atoms with Gasteiger partial charge in [0.05, 0.1) is 12.0 Å². The summed E-state index contributed by atoms with van der Waals surface area (Å²) >= 11 is 2.29. The number of rotatable bonds is 11. The predicted molar refractivity (Wildman–Crippen MR) is 162 cm³/mol. The van der Waals surface area contributed by atoms with E-state index in [1.807, 2.05) is 48.7 Å². The third-order valence-corrected chi connectivity index (χ3v) is 7.65. The van der Waals surface area contributed by atoms with E-state index in [1.54, 1.807) is 30.3 Å². The Morgan fingerprint density at radius 3 is 2.41 bits per heavy atom. The van der Waals surface area contributed by atoms with Crippen LogP contribution in [0.1, 0.15) is 18.1 Å². The smallest absolute Gasteiger partial charge is 0.294 e. The molecule has 0 bridgehead atoms. The van der Waals surface area contributed by atoms with Gasteiger partial charge in [-0.1, -0.05) is 31.2 Å². The molecule has 1 saturated heterocycles. The molecule has 0 aromatic heterocycles. The van der Waals surface area contributed by atoms with Gasteiger partial charge in [0.1, 0.15) is 6.54 Å². The summed E-state index contributed by atoms with van der Waals surface area (Å²) in [5.41, 5.74) is 3.02. The van der Waals surface area contributed by atoms with Gasteiger partial charge in [-0.15, -0.1) is 11.8 Å². The van der Waals surface area contributed by atoms with Gasteiger partial charge in [-0.05, 0) is 84.1 Å². The lowest BCUT2D eigenvalue weighted by Crippen LogP contribution is -2.36. The van der Waals surface area contributed by atoms with Crippen molar-refractivity contribution in [2.24, 2.45) is 0 Å². The van der Waals surface area contributed by atoms with Crippen molar-refractivity contribution in [3.63, 3.8) is 0 Å². The highest BCUT2D eigenvalue weighted by Gasteiger charge is 2.36. The molecule has 0 radical (unpaired) electrons. The third kappa shape index (κ3) is 7.92. The predicted octanol–water partition coefficient (Wildman–Crippen LogP) is 5.67. The van der Waals surface area contributed by atoms with Crippen LogP contribution in [0, 0.1) is 0 Å². The van der Waals surface area contributed by atoms with Crippen molar-refractivity contribution >= 4 is 63.9 Å². The molecule has 1 aliphatic rings. The van der Waals surface area contributed by atoms with Crippen LogP contribution in [-0.2, 0) is 20.8 Å². The lowest BCUT2D eigenvalue weighted by molar-refractivity contribution is -0.127. The summed E-state index contributed by atoms with van der Waals surface area (Å²) < 4.78 is 11.1. The first-order valence-corrected chi connectivity index (χ1v) is 14.7. The van der Waals surface area contributed by atoms with Gasteiger partial charge in [0.25, 0.3) is 17.1 Å². The molecule has 1 aliphatic heterocycles. The van der Waals surface area contributed by atoms with Gasteiger partial charge in [0.2, 0.25) is 5.91 Å². The number of ether oxygens (including phenoxy) is 2. The normalized spacial score (nSPS) is 13.8. The number of carbonyl (C=O) groups is 4. The first-order chi connectivity index (χ1) is 19.8. The minimum absolute atomic E-state index is 0.177. The topological polar surface area (TPSA) is 114 Å². The Kier molecular flexibility index (Phi) is 10.1. The maximum absolute atomic E-state index is 12.9. The van der Waals surface area contributed by atoms with Gasteiger partial charge in [0.15, 0.2) is 18.1 Å². The van der Waals surface area contributed by atoms with Crippen molar-refractivity contribution < 1.29 is 28.7 Å². The Bertz CT molecular complexity index is 1490. The van der Waals surface area contributed by atoms with Gasteiger partial charge >= 0.3 is 0 Å². The van der Waals surface area contributed by atoms with Crippen molar-refractivity contribution in [2.75, 3.05) is 37.2 Å². The average Bonchev–Trinajstić information content (AvgIpc) is 3.23. The summed E-state index contributed by atoms with van der Waals surface area (Å²) in [6.45, 7) is 1.43. The monoisotopic (exact) mass is 591 g/mol. The third-order valence-electron chi connectivity index (χ3n) is 6.02. The number of hydrogen-bond donors (Lipinski definition) is 2. The number of nitrogens with one attached hydrogen (secondary N) is 2. The fourth-order valence-electron chi connectivity index (χ4n) is 3.89. The summed E-state index contributed by atoms with van der Waals surface area (Å²) in [5, 5.41) is 4.98. The molecule has 9 nitrogen and oxygen atoms in total. The van der Waals surface area contributed by atoms with E-state index in [-0.39, 0.29) is 17.4 Å². The fourth-order valence-corrected chi connectivity index (χ4v) is 5.19. The van der Waals surface area contributed by atoms with E-state index in [0.29, 0.717) is 28.4 Å². The summed E-state index contributed by atoms with van der Waals surface area (Å²) in [5.74, 6) is -0.663. The highest BCUT2D eigenvalue weighted by Crippen LogP contribution is 2.34. The van der Waals surface area contributed by atoms with Crippen LogP contribution in [0.15, 0.2) is 76.5 Å². The zero-order chi connectivity index (χ0) is 29.4. The molecular formula is C30H29N3O6S2. The summed E-state index contributed by atoms with van der Waals surface area (Å²) in [6.07, 6.45) is 4.39. The quantitative estimate of drug-likeness (QED) is 0.217. The zero-order valence-corrected chi connectivity index (χ0v) is 24.4. The number of benzene rings is 3. The van der Waals surface area contributed by atoms with Gasteiger partial charge in [-0.2, -0.15) is 0 Å². The van der Waals surface area contributed by atoms with Crippen LogP contribution >= 0.6 is 23.5 Å². The molecule has 0 saturated carbocycles. The molecule has 4 amide bonds. The van der Waals surface area contributed by atoms with Crippen molar-refractivity contribution in [1.29, 1.82) is 0 Å². The second kappa shape index (κ2) is 13.9. The van der Waals surface area contributed by atoms with Crippen molar-refractivity contribution in [3.05, 3.63) is 82.8 Å². The zero-order valence-electron chi connectivity index (χ0n) is 22.8. The number of methoxy groups -OCH3 is 1. The molecule has 1 fully saturated rings. The summed E-state index contributed by atoms with van der Waals surface area (Å²) in [7, 11) is 1.46. The molecular weight excluding hydrogens is 562 g/mol. The maximum Gasteiger partial charge on any atom is 0.294 e. The SMILES string of the molecule is CCc1ccc(NC(=O)COc2ccc(/C=C3\SC(=O)N(CC(=O)Nc4cccc(SC)c4)C3=O)cc2OC)cc1. The Morgan fingerprint density at radius 2 is 1.71 bits per heavy atom. The van der Waals surface area contributed by atoms with E-state index in [0.717, 1.165) is 28.0 Å². The molecule has 2 N–H and O–H groups in total. The molecule has 212 valence electrons. The minimum atomic E-state index is -0.559. The Balaban J connectivity index is 1.36. The Morgan fingerprint density at radius 1 is 0.951 bits per heavy atom. The minimum Gasteiger partial charge on any atom is -0.493 e. The number of amides is 4. The lowest BCUT2D eigenvalue weighted by atomic mass is 10.1. The number of thioether (sulfide) groups is 2. The van der Waals surface area contributed by atoms with Crippen LogP contribution in [0.25, 0.3) is 6.08 Å². The van der Waals surface area contributed by atoms with Gasteiger partial charge in [-0.25, -0.2) is 0 Å². The van der Waals surface area contributed by atoms with Crippen LogP contribution in [0.2, 0.25) is 0 Å². The molecule has 11 heteroatoms. The van der Waals surface area contributed by atoms with Crippen LogP contribution < -0.4 is 20.1 Å². The van der Waals surface area contributed by atoms with E-state index in [9.17, 15) is 19.2 Å². The first-order valence-electron chi connectivity index (χ1n) is 12.7. The molecule has 3 aromatic rings. The fraction of sp³-hybridized carbons (Fsp3) is 0.200. The molecule has 0 atom stereocenters. The Labute approximate surface area is 246 Å². The molecule has 0 aliphatic carbocycles. The number of anilines is 2. The number of aryl methyl sites for hydroxylation is 1. The van der Waals surface area contributed by atoms with E-state index in [1.165, 1.54) is 24.4 Å².